The number of amides is 1. The molecule has 3 aromatic carbocycles. The van der Waals surface area contributed by atoms with Crippen molar-refractivity contribution in [3.63, 3.8) is 0 Å². The Kier molecular flexibility index (Phi) is 10.6. The van der Waals surface area contributed by atoms with Gasteiger partial charge in [0.2, 0.25) is 5.91 Å². The van der Waals surface area contributed by atoms with Gasteiger partial charge in [-0.2, -0.15) is 13.2 Å². The molecule has 1 aromatic heterocycles. The van der Waals surface area contributed by atoms with Crippen LogP contribution in [0, 0.1) is 11.7 Å². The summed E-state index contributed by atoms with van der Waals surface area (Å²) in [4.78, 5) is 44.7. The third-order valence-corrected chi connectivity index (χ3v) is 10.6. The Morgan fingerprint density at radius 2 is 1.80 bits per heavy atom. The molecule has 2 unspecified atom stereocenters. The smallest absolute Gasteiger partial charge is 0.491 e. The number of pyridine rings is 1. The lowest BCUT2D eigenvalue weighted by molar-refractivity contribution is -0.203. The van der Waals surface area contributed by atoms with E-state index in [1.807, 2.05) is 6.92 Å². The van der Waals surface area contributed by atoms with Gasteiger partial charge in [-0.05, 0) is 65.8 Å². The predicted molar refractivity (Wildman–Crippen MR) is 179 cm³/mol. The normalized spacial score (nSPS) is 16.9. The van der Waals surface area contributed by atoms with E-state index in [4.69, 9.17) is 10.5 Å². The molecule has 1 aliphatic heterocycles. The molecular formula is C35H34F4N4O7S. The summed E-state index contributed by atoms with van der Waals surface area (Å²) in [5.74, 6) is -8.00. The number of hydrogen-bond donors (Lipinski definition) is 2. The van der Waals surface area contributed by atoms with Gasteiger partial charge in [-0.15, -0.1) is 0 Å². The second-order valence-corrected chi connectivity index (χ2v) is 14.0. The minimum absolute atomic E-state index is 0.0839. The molecule has 3 atom stereocenters. The molecule has 4 aromatic rings. The highest BCUT2D eigenvalue weighted by molar-refractivity contribution is 7.91. The number of nitrogens with zero attached hydrogens (tertiary/aromatic N) is 2. The van der Waals surface area contributed by atoms with Crippen molar-refractivity contribution in [2.75, 3.05) is 30.5 Å². The monoisotopic (exact) mass is 730 g/mol. The zero-order valence-electron chi connectivity index (χ0n) is 27.7. The summed E-state index contributed by atoms with van der Waals surface area (Å²) in [6.45, 7) is 2.89. The SMILES string of the molecule is CCc1cc(OC)c(F)c([C@@H](Nc2ccc3c(N)nccc3c2)C(=O)N2CCC(C(=O)OC(=O)C(F)(F)F)C2c2ccccc2S(=O)(=O)CC)c1. The molecule has 0 radical (unpaired) electrons. The van der Waals surface area contributed by atoms with Gasteiger partial charge < -0.3 is 25.4 Å². The molecule has 51 heavy (non-hydrogen) atoms. The number of anilines is 2. The Balaban J connectivity index is 1.68. The molecule has 0 aliphatic carbocycles. The van der Waals surface area contributed by atoms with Gasteiger partial charge in [0.05, 0.1) is 29.7 Å². The molecule has 2 heterocycles. The number of likely N-dealkylation sites (tertiary alicyclic amines) is 1. The van der Waals surface area contributed by atoms with Crippen molar-refractivity contribution in [1.82, 2.24) is 9.88 Å². The van der Waals surface area contributed by atoms with Crippen molar-refractivity contribution < 1.29 is 49.8 Å². The van der Waals surface area contributed by atoms with E-state index in [1.165, 1.54) is 56.6 Å². The highest BCUT2D eigenvalue weighted by atomic mass is 32.2. The quantitative estimate of drug-likeness (QED) is 0.118. The molecule has 1 aliphatic rings. The summed E-state index contributed by atoms with van der Waals surface area (Å²) in [6, 6.07) is 11.9. The summed E-state index contributed by atoms with van der Waals surface area (Å²) in [5.41, 5.74) is 6.71. The van der Waals surface area contributed by atoms with Gasteiger partial charge in [-0.1, -0.05) is 38.1 Å². The molecule has 0 saturated carbocycles. The predicted octanol–water partition coefficient (Wildman–Crippen LogP) is 5.70. The fourth-order valence-corrected chi connectivity index (χ4v) is 7.34. The molecule has 1 fully saturated rings. The minimum Gasteiger partial charge on any atom is -0.494 e. The van der Waals surface area contributed by atoms with Crippen molar-refractivity contribution in [3.05, 3.63) is 89.4 Å². The van der Waals surface area contributed by atoms with Crippen molar-refractivity contribution in [3.8, 4) is 5.75 Å². The molecule has 3 N–H and O–H groups in total. The van der Waals surface area contributed by atoms with Crippen LogP contribution in [0.1, 0.15) is 49.0 Å². The molecular weight excluding hydrogens is 696 g/mol. The number of benzene rings is 3. The Bertz CT molecular complexity index is 2110. The van der Waals surface area contributed by atoms with E-state index >= 15 is 4.39 Å². The summed E-state index contributed by atoms with van der Waals surface area (Å²) in [7, 11) is -2.77. The van der Waals surface area contributed by atoms with Gasteiger partial charge in [0, 0.05) is 29.4 Å². The number of halogens is 4. The second kappa shape index (κ2) is 14.5. The topological polar surface area (TPSA) is 158 Å². The fourth-order valence-electron chi connectivity index (χ4n) is 6.20. The molecule has 270 valence electrons. The highest BCUT2D eigenvalue weighted by Gasteiger charge is 2.49. The number of fused-ring (bicyclic) bond motifs is 1. The lowest BCUT2D eigenvalue weighted by Gasteiger charge is -2.33. The second-order valence-electron chi connectivity index (χ2n) is 11.8. The number of hydrogen-bond acceptors (Lipinski definition) is 10. The number of aryl methyl sites for hydroxylation is 1. The van der Waals surface area contributed by atoms with Gasteiger partial charge in [0.15, 0.2) is 21.4 Å². The number of rotatable bonds is 10. The first kappa shape index (κ1) is 37.0. The number of ether oxygens (including phenoxy) is 2. The van der Waals surface area contributed by atoms with E-state index in [2.05, 4.69) is 15.0 Å². The number of methoxy groups -OCH3 is 1. The Morgan fingerprint density at radius 1 is 1.08 bits per heavy atom. The molecule has 5 rings (SSSR count). The zero-order chi connectivity index (χ0) is 37.2. The van der Waals surface area contributed by atoms with Crippen LogP contribution in [-0.4, -0.2) is 61.7 Å². The van der Waals surface area contributed by atoms with E-state index in [-0.39, 0.29) is 46.3 Å². The van der Waals surface area contributed by atoms with E-state index in [0.29, 0.717) is 28.4 Å². The van der Waals surface area contributed by atoms with E-state index in [0.717, 1.165) is 4.90 Å². The lowest BCUT2D eigenvalue weighted by Crippen LogP contribution is -2.41. The maximum absolute atomic E-state index is 16.2. The third kappa shape index (κ3) is 7.45. The Labute approximate surface area is 290 Å². The number of nitrogen functional groups attached to an aromatic ring is 1. The maximum Gasteiger partial charge on any atom is 0.491 e. The molecule has 0 bridgehead atoms. The molecule has 1 amide bonds. The van der Waals surface area contributed by atoms with Gasteiger partial charge in [0.25, 0.3) is 0 Å². The number of nitrogens with two attached hydrogens (primary N) is 1. The number of carbonyl (C=O) groups excluding carboxylic acids is 3. The van der Waals surface area contributed by atoms with E-state index in [9.17, 15) is 36.0 Å². The first-order valence-electron chi connectivity index (χ1n) is 15.8. The van der Waals surface area contributed by atoms with Crippen molar-refractivity contribution in [1.29, 1.82) is 0 Å². The van der Waals surface area contributed by atoms with Gasteiger partial charge in [0.1, 0.15) is 11.9 Å². The summed E-state index contributed by atoms with van der Waals surface area (Å²) < 4.78 is 91.5. The first-order chi connectivity index (χ1) is 24.1. The molecule has 1 saturated heterocycles. The highest BCUT2D eigenvalue weighted by Crippen LogP contribution is 2.44. The number of aromatic nitrogens is 1. The maximum atomic E-state index is 16.2. The lowest BCUT2D eigenvalue weighted by atomic mass is 9.92. The molecule has 16 heteroatoms. The number of esters is 2. The summed E-state index contributed by atoms with van der Waals surface area (Å²) in [5, 5.41) is 4.31. The van der Waals surface area contributed by atoms with E-state index < -0.39 is 57.7 Å². The van der Waals surface area contributed by atoms with Crippen molar-refractivity contribution in [2.24, 2.45) is 5.92 Å². The largest absolute Gasteiger partial charge is 0.494 e. The van der Waals surface area contributed by atoms with Gasteiger partial charge >= 0.3 is 18.1 Å². The van der Waals surface area contributed by atoms with Crippen LogP contribution in [0.25, 0.3) is 10.8 Å². The minimum atomic E-state index is -5.50. The average Bonchev–Trinajstić information content (AvgIpc) is 3.55. The van der Waals surface area contributed by atoms with Crippen LogP contribution in [0.15, 0.2) is 71.8 Å². The van der Waals surface area contributed by atoms with Crippen molar-refractivity contribution in [2.45, 2.75) is 49.8 Å². The van der Waals surface area contributed by atoms with Crippen molar-refractivity contribution >= 4 is 50.0 Å². The third-order valence-electron chi connectivity index (χ3n) is 8.78. The van der Waals surface area contributed by atoms with Crippen LogP contribution >= 0.6 is 0 Å². The molecule has 0 spiro atoms. The van der Waals surface area contributed by atoms with E-state index in [1.54, 1.807) is 24.3 Å². The summed E-state index contributed by atoms with van der Waals surface area (Å²) >= 11 is 0. The Morgan fingerprint density at radius 3 is 2.47 bits per heavy atom. The number of nitrogens with one attached hydrogen (secondary N) is 1. The van der Waals surface area contributed by atoms with Gasteiger partial charge in [-0.25, -0.2) is 22.6 Å². The van der Waals surface area contributed by atoms with Crippen LogP contribution in [0.5, 0.6) is 5.75 Å². The van der Waals surface area contributed by atoms with Crippen LogP contribution < -0.4 is 15.8 Å². The number of sulfone groups is 1. The van der Waals surface area contributed by atoms with Crippen LogP contribution in [0.4, 0.5) is 29.1 Å². The first-order valence-corrected chi connectivity index (χ1v) is 17.5. The van der Waals surface area contributed by atoms with Crippen LogP contribution in [-0.2, 0) is 35.4 Å². The Hall–Kier alpha value is -5.25. The van der Waals surface area contributed by atoms with Gasteiger partial charge in [-0.3, -0.25) is 9.59 Å². The fraction of sp³-hybridized carbons (Fsp3) is 0.314. The zero-order valence-corrected chi connectivity index (χ0v) is 28.5. The number of alkyl halides is 3. The molecule has 11 nitrogen and oxygen atoms in total. The summed E-state index contributed by atoms with van der Waals surface area (Å²) in [6.07, 6.45) is -3.91. The van der Waals surface area contributed by atoms with Crippen LogP contribution in [0.2, 0.25) is 0 Å². The van der Waals surface area contributed by atoms with Crippen LogP contribution in [0.3, 0.4) is 0 Å². The number of carbonyl (C=O) groups is 3. The average molecular weight is 731 g/mol. The standard InChI is InChI=1S/C35H34F4N4O7S/c1-4-19-16-25(28(36)26(17-19)49-3)29(42-21-10-11-22-20(18-21)12-14-41-31(22)40)32(44)43-15-13-24(33(45)50-34(46)35(37,38)39)30(43)23-8-6-7-9-27(23)51(47,48)5-2/h6-12,14,16-18,24,29-30,42H,4-5,13,15H2,1-3H3,(H2,40,41)/t24?,29-,30?/m1/s1.